The van der Waals surface area contributed by atoms with Gasteiger partial charge in [-0.05, 0) is 19.4 Å². The van der Waals surface area contributed by atoms with E-state index >= 15 is 0 Å². The van der Waals surface area contributed by atoms with E-state index in [4.69, 9.17) is 9.47 Å². The SMILES string of the molecule is COC[C@@H]1C(C)=C[C@H](c2ccccc2)[C@](C)(O)[C@@H]1COC. The molecule has 2 rings (SSSR count). The summed E-state index contributed by atoms with van der Waals surface area (Å²) in [5, 5.41) is 11.2. The lowest BCUT2D eigenvalue weighted by Crippen LogP contribution is -2.50. The summed E-state index contributed by atoms with van der Waals surface area (Å²) >= 11 is 0. The molecule has 0 fully saturated rings. The predicted molar refractivity (Wildman–Crippen MR) is 84.3 cm³/mol. The van der Waals surface area contributed by atoms with Crippen LogP contribution in [0.25, 0.3) is 0 Å². The lowest BCUT2D eigenvalue weighted by Gasteiger charge is -2.46. The van der Waals surface area contributed by atoms with Gasteiger partial charge >= 0.3 is 0 Å². The summed E-state index contributed by atoms with van der Waals surface area (Å²) in [4.78, 5) is 0. The third-order valence-corrected chi connectivity index (χ3v) is 4.73. The van der Waals surface area contributed by atoms with Gasteiger partial charge in [0.1, 0.15) is 0 Å². The van der Waals surface area contributed by atoms with E-state index in [-0.39, 0.29) is 17.8 Å². The summed E-state index contributed by atoms with van der Waals surface area (Å²) in [5.41, 5.74) is 1.54. The van der Waals surface area contributed by atoms with Crippen LogP contribution in [0.4, 0.5) is 0 Å². The molecule has 0 heterocycles. The van der Waals surface area contributed by atoms with Gasteiger partial charge in [0.2, 0.25) is 0 Å². The Bertz CT molecular complexity index is 478. The number of ether oxygens (including phenoxy) is 2. The predicted octanol–water partition coefficient (Wildman–Crippen LogP) is 3.01. The van der Waals surface area contributed by atoms with E-state index in [1.54, 1.807) is 14.2 Å². The topological polar surface area (TPSA) is 38.7 Å². The zero-order chi connectivity index (χ0) is 15.5. The van der Waals surface area contributed by atoms with Gasteiger partial charge in [-0.2, -0.15) is 0 Å². The molecule has 21 heavy (non-hydrogen) atoms. The fourth-order valence-corrected chi connectivity index (χ4v) is 3.50. The highest BCUT2D eigenvalue weighted by atomic mass is 16.5. The average molecular weight is 290 g/mol. The first-order valence-corrected chi connectivity index (χ1v) is 7.45. The fraction of sp³-hybridized carbons (Fsp3) is 0.556. The van der Waals surface area contributed by atoms with Crippen LogP contribution in [0.1, 0.15) is 25.3 Å². The molecule has 0 spiro atoms. The second kappa shape index (κ2) is 6.73. The van der Waals surface area contributed by atoms with Gasteiger partial charge in [0, 0.05) is 32.0 Å². The van der Waals surface area contributed by atoms with Crippen molar-refractivity contribution < 1.29 is 14.6 Å². The summed E-state index contributed by atoms with van der Waals surface area (Å²) in [7, 11) is 3.39. The molecule has 0 bridgehead atoms. The van der Waals surface area contributed by atoms with E-state index in [1.165, 1.54) is 5.57 Å². The maximum absolute atomic E-state index is 11.2. The van der Waals surface area contributed by atoms with Crippen molar-refractivity contribution in [3.05, 3.63) is 47.5 Å². The largest absolute Gasteiger partial charge is 0.389 e. The molecule has 0 aliphatic heterocycles. The van der Waals surface area contributed by atoms with Crippen LogP contribution < -0.4 is 0 Å². The molecule has 1 aliphatic carbocycles. The van der Waals surface area contributed by atoms with Crippen molar-refractivity contribution in [2.24, 2.45) is 11.8 Å². The standard InChI is InChI=1S/C18H26O3/c1-13-10-16(14-8-6-5-7-9-14)18(2,19)17(12-21-4)15(13)11-20-3/h5-10,15-17,19H,11-12H2,1-4H3/t15-,16-,17-,18+/m1/s1. The first-order valence-electron chi connectivity index (χ1n) is 7.45. The maximum Gasteiger partial charge on any atom is 0.0779 e. The summed E-state index contributed by atoms with van der Waals surface area (Å²) in [6, 6.07) is 10.2. The zero-order valence-corrected chi connectivity index (χ0v) is 13.4. The molecule has 116 valence electrons. The smallest absolute Gasteiger partial charge is 0.0779 e. The lowest BCUT2D eigenvalue weighted by atomic mass is 9.64. The van der Waals surface area contributed by atoms with Crippen molar-refractivity contribution in [2.45, 2.75) is 25.4 Å². The van der Waals surface area contributed by atoms with Crippen molar-refractivity contribution in [3.63, 3.8) is 0 Å². The zero-order valence-electron chi connectivity index (χ0n) is 13.4. The Balaban J connectivity index is 2.43. The Morgan fingerprint density at radius 2 is 1.71 bits per heavy atom. The lowest BCUT2D eigenvalue weighted by molar-refractivity contribution is -0.0794. The molecule has 3 heteroatoms. The number of aliphatic hydroxyl groups is 1. The molecule has 0 saturated heterocycles. The molecule has 1 N–H and O–H groups in total. The molecule has 3 nitrogen and oxygen atoms in total. The van der Waals surface area contributed by atoms with E-state index in [1.807, 2.05) is 25.1 Å². The van der Waals surface area contributed by atoms with Crippen LogP contribution in [-0.4, -0.2) is 38.1 Å². The van der Waals surface area contributed by atoms with Gasteiger partial charge in [-0.15, -0.1) is 0 Å². The second-order valence-corrected chi connectivity index (χ2v) is 6.15. The Labute approximate surface area is 127 Å². The van der Waals surface area contributed by atoms with Gasteiger partial charge in [0.25, 0.3) is 0 Å². The number of rotatable bonds is 5. The van der Waals surface area contributed by atoms with E-state index in [0.717, 1.165) is 5.56 Å². The highest BCUT2D eigenvalue weighted by molar-refractivity contribution is 5.33. The summed E-state index contributed by atoms with van der Waals surface area (Å²) in [5.74, 6) is 0.175. The Morgan fingerprint density at radius 1 is 1.10 bits per heavy atom. The Morgan fingerprint density at radius 3 is 2.29 bits per heavy atom. The minimum Gasteiger partial charge on any atom is -0.389 e. The minimum atomic E-state index is -0.861. The van der Waals surface area contributed by atoms with Gasteiger partial charge in [-0.1, -0.05) is 42.0 Å². The van der Waals surface area contributed by atoms with Gasteiger partial charge in [-0.3, -0.25) is 0 Å². The van der Waals surface area contributed by atoms with Crippen LogP contribution in [0.5, 0.6) is 0 Å². The molecular formula is C18H26O3. The van der Waals surface area contributed by atoms with Gasteiger partial charge in [0.05, 0.1) is 18.8 Å². The van der Waals surface area contributed by atoms with Crippen LogP contribution in [-0.2, 0) is 9.47 Å². The first-order chi connectivity index (χ1) is 10.0. The summed E-state index contributed by atoms with van der Waals surface area (Å²) in [6.07, 6.45) is 2.19. The van der Waals surface area contributed by atoms with Crippen LogP contribution in [0, 0.1) is 11.8 Å². The van der Waals surface area contributed by atoms with Crippen molar-refractivity contribution in [1.82, 2.24) is 0 Å². The van der Waals surface area contributed by atoms with Gasteiger partial charge in [-0.25, -0.2) is 0 Å². The van der Waals surface area contributed by atoms with Crippen LogP contribution in [0.2, 0.25) is 0 Å². The molecule has 1 aliphatic rings. The minimum absolute atomic E-state index is 0.0117. The van der Waals surface area contributed by atoms with Crippen molar-refractivity contribution in [2.75, 3.05) is 27.4 Å². The van der Waals surface area contributed by atoms with E-state index in [2.05, 4.69) is 25.1 Å². The van der Waals surface area contributed by atoms with Gasteiger partial charge in [0.15, 0.2) is 0 Å². The van der Waals surface area contributed by atoms with Crippen molar-refractivity contribution in [3.8, 4) is 0 Å². The Kier molecular flexibility index (Phi) is 5.20. The molecule has 0 radical (unpaired) electrons. The highest BCUT2D eigenvalue weighted by Crippen LogP contribution is 2.46. The third-order valence-electron chi connectivity index (χ3n) is 4.73. The van der Waals surface area contributed by atoms with Gasteiger partial charge < -0.3 is 14.6 Å². The molecule has 0 saturated carbocycles. The van der Waals surface area contributed by atoms with E-state index in [9.17, 15) is 5.11 Å². The molecule has 4 atom stereocenters. The summed E-state index contributed by atoms with van der Waals surface area (Å²) < 4.78 is 10.7. The summed E-state index contributed by atoms with van der Waals surface area (Å²) in [6.45, 7) is 5.17. The quantitative estimate of drug-likeness (QED) is 0.847. The Hall–Kier alpha value is -1.16. The third kappa shape index (κ3) is 3.20. The van der Waals surface area contributed by atoms with Crippen LogP contribution >= 0.6 is 0 Å². The number of hydrogen-bond donors (Lipinski definition) is 1. The molecule has 0 aromatic heterocycles. The first kappa shape index (κ1) is 16.2. The highest BCUT2D eigenvalue weighted by Gasteiger charge is 2.47. The van der Waals surface area contributed by atoms with Crippen LogP contribution in [0.15, 0.2) is 42.0 Å². The van der Waals surface area contributed by atoms with Crippen LogP contribution in [0.3, 0.4) is 0 Å². The molecule has 0 amide bonds. The number of hydrogen-bond acceptors (Lipinski definition) is 3. The van der Waals surface area contributed by atoms with Crippen molar-refractivity contribution in [1.29, 1.82) is 0 Å². The van der Waals surface area contributed by atoms with E-state index in [0.29, 0.717) is 13.2 Å². The molecule has 1 aromatic rings. The number of methoxy groups -OCH3 is 2. The molecular weight excluding hydrogens is 264 g/mol. The van der Waals surface area contributed by atoms with Crippen molar-refractivity contribution >= 4 is 0 Å². The number of benzene rings is 1. The van der Waals surface area contributed by atoms with E-state index < -0.39 is 5.60 Å². The monoisotopic (exact) mass is 290 g/mol. The second-order valence-electron chi connectivity index (χ2n) is 6.15. The molecule has 0 unspecified atom stereocenters. The fourth-order valence-electron chi connectivity index (χ4n) is 3.50. The average Bonchev–Trinajstić information content (AvgIpc) is 2.47. The molecule has 1 aromatic carbocycles. The normalized spacial score (nSPS) is 32.8. The maximum atomic E-state index is 11.2.